The van der Waals surface area contributed by atoms with Gasteiger partial charge in [-0.05, 0) is 37.6 Å². The van der Waals surface area contributed by atoms with Crippen LogP contribution in [0.4, 0.5) is 0 Å². The fourth-order valence-electron chi connectivity index (χ4n) is 4.73. The molecule has 0 N–H and O–H groups in total. The van der Waals surface area contributed by atoms with Gasteiger partial charge in [0.1, 0.15) is 11.5 Å². The van der Waals surface area contributed by atoms with Gasteiger partial charge in [-0.25, -0.2) is 9.97 Å². The van der Waals surface area contributed by atoms with Crippen LogP contribution in [0.5, 0.6) is 0 Å². The first-order valence-corrected chi connectivity index (χ1v) is 11.5. The van der Waals surface area contributed by atoms with Crippen molar-refractivity contribution in [1.82, 2.24) is 24.8 Å². The Morgan fingerprint density at radius 3 is 2.67 bits per heavy atom. The van der Waals surface area contributed by atoms with Crippen molar-refractivity contribution in [3.05, 3.63) is 65.5 Å². The third kappa shape index (κ3) is 4.18. The number of rotatable bonds is 3. The summed E-state index contributed by atoms with van der Waals surface area (Å²) in [6.07, 6.45) is 5.91. The third-order valence-electron chi connectivity index (χ3n) is 6.42. The van der Waals surface area contributed by atoms with Crippen LogP contribution in [0.15, 0.2) is 42.7 Å². The Labute approximate surface area is 192 Å². The number of benzene rings is 1. The second kappa shape index (κ2) is 9.23. The van der Waals surface area contributed by atoms with Crippen LogP contribution in [0.1, 0.15) is 57.7 Å². The average Bonchev–Trinajstić information content (AvgIpc) is 2.88. The molecule has 2 aliphatic heterocycles. The molecule has 0 bridgehead atoms. The number of nitrogens with zero attached hydrogens (tertiary/aromatic N) is 5. The Hall–Kier alpha value is -3.39. The van der Waals surface area contributed by atoms with E-state index in [1.54, 1.807) is 17.3 Å². The molecule has 0 aliphatic carbocycles. The predicted molar refractivity (Wildman–Crippen MR) is 123 cm³/mol. The fourth-order valence-corrected chi connectivity index (χ4v) is 4.73. The Morgan fingerprint density at radius 2 is 1.82 bits per heavy atom. The number of piperidine rings is 1. The first kappa shape index (κ1) is 21.5. The second-order valence-corrected chi connectivity index (χ2v) is 8.51. The Kier molecular flexibility index (Phi) is 6.00. The van der Waals surface area contributed by atoms with E-state index in [4.69, 9.17) is 9.72 Å². The minimum absolute atomic E-state index is 0.102. The number of hydrogen-bond donors (Lipinski definition) is 0. The molecule has 0 radical (unpaired) electrons. The van der Waals surface area contributed by atoms with Gasteiger partial charge in [-0.3, -0.25) is 14.6 Å². The van der Waals surface area contributed by atoms with Gasteiger partial charge in [0.25, 0.3) is 11.8 Å². The molecule has 2 saturated heterocycles. The largest absolute Gasteiger partial charge is 0.378 e. The van der Waals surface area contributed by atoms with Gasteiger partial charge in [-0.2, -0.15) is 0 Å². The SMILES string of the molecule is Cc1ncc(C(=O)N2CCOCC2)c([C@H]2CCCCN2C(=O)c2nccc3ccccc23)n1. The van der Waals surface area contributed by atoms with E-state index in [0.29, 0.717) is 55.6 Å². The summed E-state index contributed by atoms with van der Waals surface area (Å²) in [5.74, 6) is 0.358. The molecule has 4 heterocycles. The lowest BCUT2D eigenvalue weighted by Gasteiger charge is -2.36. The Bertz CT molecular complexity index is 1190. The van der Waals surface area contributed by atoms with Crippen molar-refractivity contribution in [2.45, 2.75) is 32.2 Å². The summed E-state index contributed by atoms with van der Waals surface area (Å²) in [5.41, 5.74) is 1.54. The number of aryl methyl sites for hydroxylation is 1. The molecule has 2 aliphatic rings. The quantitative estimate of drug-likeness (QED) is 0.615. The van der Waals surface area contributed by atoms with E-state index in [1.807, 2.05) is 42.2 Å². The molecule has 2 aromatic heterocycles. The summed E-state index contributed by atoms with van der Waals surface area (Å²) in [6, 6.07) is 9.39. The van der Waals surface area contributed by atoms with E-state index in [2.05, 4.69) is 9.97 Å². The molecule has 170 valence electrons. The number of ether oxygens (including phenoxy) is 1. The molecule has 0 spiro atoms. The molecular weight excluding hydrogens is 418 g/mol. The lowest BCUT2D eigenvalue weighted by atomic mass is 9.95. The van der Waals surface area contributed by atoms with E-state index in [0.717, 1.165) is 30.0 Å². The van der Waals surface area contributed by atoms with Crippen molar-refractivity contribution < 1.29 is 14.3 Å². The van der Waals surface area contributed by atoms with Crippen LogP contribution in [0.3, 0.4) is 0 Å². The van der Waals surface area contributed by atoms with E-state index < -0.39 is 0 Å². The number of carbonyl (C=O) groups excluding carboxylic acids is 2. The minimum Gasteiger partial charge on any atom is -0.378 e. The van der Waals surface area contributed by atoms with Crippen LogP contribution in [0, 0.1) is 6.92 Å². The van der Waals surface area contributed by atoms with Crippen molar-refractivity contribution in [3.8, 4) is 0 Å². The molecule has 2 fully saturated rings. The summed E-state index contributed by atoms with van der Waals surface area (Å²) in [7, 11) is 0. The molecule has 1 aromatic carbocycles. The van der Waals surface area contributed by atoms with Gasteiger partial charge in [-0.1, -0.05) is 24.3 Å². The molecule has 3 aromatic rings. The number of pyridine rings is 1. The number of aromatic nitrogens is 3. The predicted octanol–water partition coefficient (Wildman–Crippen LogP) is 3.17. The third-order valence-corrected chi connectivity index (χ3v) is 6.42. The number of morpholine rings is 1. The Morgan fingerprint density at radius 1 is 1.00 bits per heavy atom. The fraction of sp³-hybridized carbons (Fsp3) is 0.400. The van der Waals surface area contributed by atoms with E-state index >= 15 is 0 Å². The van der Waals surface area contributed by atoms with Crippen LogP contribution in [-0.2, 0) is 4.74 Å². The standard InChI is InChI=1S/C25H27N5O3/c1-17-27-16-20(24(31)29-12-14-33-15-13-29)22(28-17)21-8-4-5-11-30(21)25(32)23-19-7-3-2-6-18(19)9-10-26-23/h2-3,6-7,9-10,16,21H,4-5,8,11-15H2,1H3/t21-/m1/s1. The summed E-state index contributed by atoms with van der Waals surface area (Å²) in [6.45, 7) is 4.54. The highest BCUT2D eigenvalue weighted by Gasteiger charge is 2.35. The lowest BCUT2D eigenvalue weighted by molar-refractivity contribution is 0.0297. The molecule has 1 atom stereocenters. The molecule has 0 unspecified atom stereocenters. The van der Waals surface area contributed by atoms with E-state index in [-0.39, 0.29) is 17.9 Å². The zero-order chi connectivity index (χ0) is 22.8. The maximum atomic E-state index is 13.8. The molecule has 8 nitrogen and oxygen atoms in total. The van der Waals surface area contributed by atoms with Gasteiger partial charge in [0, 0.05) is 37.4 Å². The van der Waals surface area contributed by atoms with Crippen molar-refractivity contribution in [1.29, 1.82) is 0 Å². The van der Waals surface area contributed by atoms with Gasteiger partial charge >= 0.3 is 0 Å². The summed E-state index contributed by atoms with van der Waals surface area (Å²) < 4.78 is 5.40. The van der Waals surface area contributed by atoms with Crippen molar-refractivity contribution in [2.24, 2.45) is 0 Å². The zero-order valence-corrected chi connectivity index (χ0v) is 18.7. The summed E-state index contributed by atoms with van der Waals surface area (Å²) >= 11 is 0. The second-order valence-electron chi connectivity index (χ2n) is 8.51. The van der Waals surface area contributed by atoms with Crippen LogP contribution in [0.25, 0.3) is 10.8 Å². The minimum atomic E-state index is -0.297. The first-order chi connectivity index (χ1) is 16.1. The number of fused-ring (bicyclic) bond motifs is 1. The normalized spacial score (nSPS) is 19.0. The van der Waals surface area contributed by atoms with Crippen molar-refractivity contribution >= 4 is 22.6 Å². The maximum Gasteiger partial charge on any atom is 0.273 e. The van der Waals surface area contributed by atoms with Gasteiger partial charge in [0.15, 0.2) is 0 Å². The topological polar surface area (TPSA) is 88.5 Å². The highest BCUT2D eigenvalue weighted by atomic mass is 16.5. The van der Waals surface area contributed by atoms with Crippen LogP contribution in [-0.4, -0.2) is 69.4 Å². The smallest absolute Gasteiger partial charge is 0.273 e. The van der Waals surface area contributed by atoms with E-state index in [1.165, 1.54) is 0 Å². The number of carbonyl (C=O) groups is 2. The van der Waals surface area contributed by atoms with Crippen molar-refractivity contribution in [2.75, 3.05) is 32.8 Å². The molecular formula is C25H27N5O3. The average molecular weight is 446 g/mol. The molecule has 8 heteroatoms. The Balaban J connectivity index is 1.53. The zero-order valence-electron chi connectivity index (χ0n) is 18.7. The number of amides is 2. The number of likely N-dealkylation sites (tertiary alicyclic amines) is 1. The van der Waals surface area contributed by atoms with Gasteiger partial charge in [0.05, 0.1) is 30.5 Å². The van der Waals surface area contributed by atoms with Gasteiger partial charge in [0.2, 0.25) is 0 Å². The van der Waals surface area contributed by atoms with E-state index in [9.17, 15) is 9.59 Å². The van der Waals surface area contributed by atoms with Gasteiger partial charge < -0.3 is 14.5 Å². The van der Waals surface area contributed by atoms with Crippen LogP contribution >= 0.6 is 0 Å². The van der Waals surface area contributed by atoms with Crippen LogP contribution < -0.4 is 0 Å². The first-order valence-electron chi connectivity index (χ1n) is 11.5. The molecule has 0 saturated carbocycles. The molecule has 2 amide bonds. The monoisotopic (exact) mass is 445 g/mol. The molecule has 5 rings (SSSR count). The molecule has 33 heavy (non-hydrogen) atoms. The highest BCUT2D eigenvalue weighted by Crippen LogP contribution is 2.34. The van der Waals surface area contributed by atoms with Gasteiger partial charge in [-0.15, -0.1) is 0 Å². The van der Waals surface area contributed by atoms with Crippen LogP contribution in [0.2, 0.25) is 0 Å². The number of hydrogen-bond acceptors (Lipinski definition) is 6. The lowest BCUT2D eigenvalue weighted by Crippen LogP contribution is -2.43. The summed E-state index contributed by atoms with van der Waals surface area (Å²) in [4.78, 5) is 44.2. The highest BCUT2D eigenvalue weighted by molar-refractivity contribution is 6.05. The maximum absolute atomic E-state index is 13.8. The van der Waals surface area contributed by atoms with Crippen molar-refractivity contribution in [3.63, 3.8) is 0 Å². The summed E-state index contributed by atoms with van der Waals surface area (Å²) in [5, 5.41) is 1.81.